The highest BCUT2D eigenvalue weighted by molar-refractivity contribution is 5.85. The first-order chi connectivity index (χ1) is 18.6. The number of carbonyl (C=O) groups excluding carboxylic acids is 3. The van der Waals surface area contributed by atoms with E-state index in [2.05, 4.69) is 0 Å². The molecule has 0 spiro atoms. The lowest BCUT2D eigenvalue weighted by Crippen LogP contribution is -2.45. The molecule has 1 fully saturated rings. The van der Waals surface area contributed by atoms with Crippen LogP contribution in [0, 0.1) is 17.1 Å². The summed E-state index contributed by atoms with van der Waals surface area (Å²) in [5.74, 6) is -5.36. The van der Waals surface area contributed by atoms with Crippen molar-refractivity contribution >= 4 is 18.0 Å². The van der Waals surface area contributed by atoms with Crippen molar-refractivity contribution in [3.8, 4) is 6.07 Å². The Morgan fingerprint density at radius 3 is 2.18 bits per heavy atom. The number of amides is 2. The molecule has 1 atom stereocenters. The van der Waals surface area contributed by atoms with Crippen LogP contribution < -0.4 is 5.73 Å². The number of nitrogens with two attached hydrogens (primary N) is 1. The molecule has 0 saturated carbocycles. The third-order valence-corrected chi connectivity index (χ3v) is 6.31. The maximum atomic E-state index is 13.4. The Bertz CT molecular complexity index is 1180. The Balaban J connectivity index is 1.61. The van der Waals surface area contributed by atoms with Crippen molar-refractivity contribution in [2.24, 2.45) is 5.73 Å². The summed E-state index contributed by atoms with van der Waals surface area (Å²) in [5, 5.41) is 8.60. The van der Waals surface area contributed by atoms with Gasteiger partial charge >= 0.3 is 12.1 Å². The number of rotatable bonds is 11. The number of hydrogen-bond donors (Lipinski definition) is 1. The highest BCUT2D eigenvalue weighted by Crippen LogP contribution is 2.28. The van der Waals surface area contributed by atoms with Gasteiger partial charge in [0.2, 0.25) is 5.91 Å². The SMILES string of the molecule is N#CCOC(=O)CN(CCN1CCC(F)(F)CC1)C(=O)OCc1ccc(C(C(N)=O)c2ccc(F)cc2)cc1. The van der Waals surface area contributed by atoms with E-state index in [0.29, 0.717) is 16.7 Å². The summed E-state index contributed by atoms with van der Waals surface area (Å²) in [7, 11) is 0. The van der Waals surface area contributed by atoms with Gasteiger partial charge in [-0.15, -0.1) is 0 Å². The van der Waals surface area contributed by atoms with Gasteiger partial charge in [0, 0.05) is 39.0 Å². The van der Waals surface area contributed by atoms with Crippen LogP contribution in [-0.4, -0.2) is 73.0 Å². The summed E-state index contributed by atoms with van der Waals surface area (Å²) < 4.78 is 50.2. The smallest absolute Gasteiger partial charge is 0.410 e. The van der Waals surface area contributed by atoms with E-state index in [-0.39, 0.29) is 45.6 Å². The van der Waals surface area contributed by atoms with Gasteiger partial charge in [-0.25, -0.2) is 18.0 Å². The number of nitriles is 1. The molecule has 2 aromatic carbocycles. The van der Waals surface area contributed by atoms with E-state index in [9.17, 15) is 27.6 Å². The molecule has 1 aliphatic rings. The normalized spacial score (nSPS) is 15.5. The van der Waals surface area contributed by atoms with E-state index in [1.54, 1.807) is 35.2 Å². The second kappa shape index (κ2) is 13.6. The highest BCUT2D eigenvalue weighted by Gasteiger charge is 2.34. The molecule has 1 unspecified atom stereocenters. The van der Waals surface area contributed by atoms with Crippen molar-refractivity contribution in [3.05, 3.63) is 71.0 Å². The number of halogens is 3. The summed E-state index contributed by atoms with van der Waals surface area (Å²) in [6.07, 6.45) is -1.39. The van der Waals surface area contributed by atoms with Crippen molar-refractivity contribution in [1.29, 1.82) is 5.26 Å². The monoisotopic (exact) mass is 546 g/mol. The van der Waals surface area contributed by atoms with Crippen molar-refractivity contribution in [3.63, 3.8) is 0 Å². The van der Waals surface area contributed by atoms with Gasteiger partial charge in [0.05, 0.1) is 5.92 Å². The van der Waals surface area contributed by atoms with Crippen LogP contribution in [0.1, 0.15) is 35.4 Å². The van der Waals surface area contributed by atoms with Gasteiger partial charge in [-0.05, 0) is 28.8 Å². The summed E-state index contributed by atoms with van der Waals surface area (Å²) in [4.78, 5) is 39.8. The molecule has 9 nitrogen and oxygen atoms in total. The summed E-state index contributed by atoms with van der Waals surface area (Å²) in [5.41, 5.74) is 7.25. The Morgan fingerprint density at radius 1 is 1.03 bits per heavy atom. The zero-order valence-corrected chi connectivity index (χ0v) is 21.2. The van der Waals surface area contributed by atoms with Crippen LogP contribution in [-0.2, 0) is 25.7 Å². The number of primary amides is 1. The zero-order valence-electron chi connectivity index (χ0n) is 21.2. The summed E-state index contributed by atoms with van der Waals surface area (Å²) >= 11 is 0. The van der Waals surface area contributed by atoms with E-state index in [4.69, 9.17) is 20.5 Å². The number of likely N-dealkylation sites (tertiary alicyclic amines) is 1. The molecule has 208 valence electrons. The van der Waals surface area contributed by atoms with Gasteiger partial charge in [-0.3, -0.25) is 14.5 Å². The third kappa shape index (κ3) is 9.00. The second-order valence-corrected chi connectivity index (χ2v) is 9.12. The first-order valence-corrected chi connectivity index (χ1v) is 12.3. The van der Waals surface area contributed by atoms with Crippen LogP contribution in [0.25, 0.3) is 0 Å². The molecule has 0 radical (unpaired) electrons. The molecule has 1 heterocycles. The fourth-order valence-corrected chi connectivity index (χ4v) is 4.13. The van der Waals surface area contributed by atoms with Crippen LogP contribution in [0.5, 0.6) is 0 Å². The molecule has 1 aliphatic heterocycles. The fourth-order valence-electron chi connectivity index (χ4n) is 4.13. The number of esters is 1. The van der Waals surface area contributed by atoms with Crippen molar-refractivity contribution in [1.82, 2.24) is 9.80 Å². The highest BCUT2D eigenvalue weighted by atomic mass is 19.3. The van der Waals surface area contributed by atoms with Gasteiger partial charge < -0.3 is 20.1 Å². The minimum Gasteiger partial charge on any atom is -0.449 e. The minimum atomic E-state index is -2.71. The van der Waals surface area contributed by atoms with Crippen LogP contribution >= 0.6 is 0 Å². The number of piperidine rings is 1. The van der Waals surface area contributed by atoms with E-state index >= 15 is 0 Å². The number of benzene rings is 2. The molecule has 0 aliphatic carbocycles. The van der Waals surface area contributed by atoms with E-state index < -0.39 is 48.8 Å². The average molecular weight is 547 g/mol. The molecule has 2 N–H and O–H groups in total. The van der Waals surface area contributed by atoms with Gasteiger partial charge in [-0.1, -0.05) is 36.4 Å². The molecule has 12 heteroatoms. The number of nitrogens with zero attached hydrogens (tertiary/aromatic N) is 3. The topological polar surface area (TPSA) is 126 Å². The predicted molar refractivity (Wildman–Crippen MR) is 133 cm³/mol. The molecule has 2 amide bonds. The van der Waals surface area contributed by atoms with Crippen molar-refractivity contribution in [2.45, 2.75) is 31.3 Å². The lowest BCUT2D eigenvalue weighted by Gasteiger charge is -2.33. The Labute approximate surface area is 223 Å². The maximum absolute atomic E-state index is 13.4. The number of carbonyl (C=O) groups is 3. The van der Waals surface area contributed by atoms with Gasteiger partial charge in [0.1, 0.15) is 25.0 Å². The molecule has 3 rings (SSSR count). The largest absolute Gasteiger partial charge is 0.449 e. The Morgan fingerprint density at radius 2 is 1.62 bits per heavy atom. The summed E-state index contributed by atoms with van der Waals surface area (Å²) in [6, 6.07) is 13.7. The molecular weight excluding hydrogens is 517 g/mol. The van der Waals surface area contributed by atoms with Crippen LogP contribution in [0.2, 0.25) is 0 Å². The quantitative estimate of drug-likeness (QED) is 0.429. The fraction of sp³-hybridized carbons (Fsp3) is 0.407. The first-order valence-electron chi connectivity index (χ1n) is 12.3. The zero-order chi connectivity index (χ0) is 28.4. The molecule has 0 bridgehead atoms. The predicted octanol–water partition coefficient (Wildman–Crippen LogP) is 3.18. The minimum absolute atomic E-state index is 0.0307. The Kier molecular flexibility index (Phi) is 10.3. The van der Waals surface area contributed by atoms with Gasteiger partial charge in [0.15, 0.2) is 6.61 Å². The number of hydrogen-bond acceptors (Lipinski definition) is 7. The van der Waals surface area contributed by atoms with Crippen LogP contribution in [0.3, 0.4) is 0 Å². The average Bonchev–Trinajstić information content (AvgIpc) is 2.91. The Hall–Kier alpha value is -4.11. The van der Waals surface area contributed by atoms with Crippen molar-refractivity contribution < 1.29 is 37.0 Å². The molecule has 2 aromatic rings. The molecule has 0 aromatic heterocycles. The maximum Gasteiger partial charge on any atom is 0.410 e. The molecule has 1 saturated heterocycles. The lowest BCUT2D eigenvalue weighted by molar-refractivity contribution is -0.143. The summed E-state index contributed by atoms with van der Waals surface area (Å²) in [6.45, 7) is -0.500. The van der Waals surface area contributed by atoms with E-state index in [1.807, 2.05) is 0 Å². The second-order valence-electron chi connectivity index (χ2n) is 9.12. The van der Waals surface area contributed by atoms with Crippen LogP contribution in [0.4, 0.5) is 18.0 Å². The molecule has 39 heavy (non-hydrogen) atoms. The van der Waals surface area contributed by atoms with E-state index in [0.717, 1.165) is 4.90 Å². The first kappa shape index (κ1) is 29.4. The van der Waals surface area contributed by atoms with Crippen molar-refractivity contribution in [2.75, 3.05) is 39.3 Å². The standard InChI is InChI=1S/C27H29F3N4O5/c28-22-7-5-21(6-8-22)24(25(32)36)20-3-1-19(2-4-20)18-39-26(37)34(17-23(35)38-16-11-31)15-14-33-12-9-27(29,30)10-13-33/h1-8,24H,9-10,12-18H2,(H2,32,36). The number of ether oxygens (including phenoxy) is 2. The van der Waals surface area contributed by atoms with Crippen LogP contribution in [0.15, 0.2) is 48.5 Å². The molecular formula is C27H29F3N4O5. The van der Waals surface area contributed by atoms with Gasteiger partial charge in [0.25, 0.3) is 5.92 Å². The van der Waals surface area contributed by atoms with E-state index in [1.165, 1.54) is 24.3 Å². The third-order valence-electron chi connectivity index (χ3n) is 6.31. The lowest BCUT2D eigenvalue weighted by atomic mass is 9.90. The van der Waals surface area contributed by atoms with Gasteiger partial charge in [-0.2, -0.15) is 5.26 Å². The number of alkyl halides is 2.